The number of benzene rings is 1. The number of thiophene rings is 1. The van der Waals surface area contributed by atoms with E-state index in [1.807, 2.05) is 6.07 Å². The van der Waals surface area contributed by atoms with Crippen LogP contribution in [0.2, 0.25) is 0 Å². The van der Waals surface area contributed by atoms with Gasteiger partial charge in [0.1, 0.15) is 0 Å². The van der Waals surface area contributed by atoms with Crippen molar-refractivity contribution in [2.45, 2.75) is 18.9 Å². The Balaban J connectivity index is 2.77. The average molecular weight is 271 g/mol. The van der Waals surface area contributed by atoms with Crippen LogP contribution in [0.3, 0.4) is 0 Å². The van der Waals surface area contributed by atoms with Crippen molar-refractivity contribution < 1.29 is 5.11 Å². The molecule has 0 saturated carbocycles. The van der Waals surface area contributed by atoms with Gasteiger partial charge < -0.3 is 5.11 Å². The van der Waals surface area contributed by atoms with E-state index in [4.69, 9.17) is 0 Å². The number of halogens is 1. The highest BCUT2D eigenvalue weighted by Gasteiger charge is 2.07. The maximum absolute atomic E-state index is 9.20. The van der Waals surface area contributed by atoms with Gasteiger partial charge in [-0.2, -0.15) is 0 Å². The number of fused-ring (bicyclic) bond motifs is 1. The fourth-order valence-electron chi connectivity index (χ4n) is 1.60. The number of hydrogen-bond acceptors (Lipinski definition) is 2. The lowest BCUT2D eigenvalue weighted by Crippen LogP contribution is -1.85. The monoisotopic (exact) mass is 270 g/mol. The SMILES string of the molecule is Cc1cc2c(CO)ccc(CBr)c2s1. The summed E-state index contributed by atoms with van der Waals surface area (Å²) in [6.07, 6.45) is 0. The van der Waals surface area contributed by atoms with Gasteiger partial charge in [-0.05, 0) is 29.5 Å². The van der Waals surface area contributed by atoms with Crippen LogP contribution in [-0.2, 0) is 11.9 Å². The van der Waals surface area contributed by atoms with Crippen LogP contribution < -0.4 is 0 Å². The number of alkyl halides is 1. The molecule has 2 aromatic rings. The molecule has 14 heavy (non-hydrogen) atoms. The van der Waals surface area contributed by atoms with Gasteiger partial charge in [0.2, 0.25) is 0 Å². The maximum Gasteiger partial charge on any atom is 0.0688 e. The van der Waals surface area contributed by atoms with Crippen LogP contribution in [0.5, 0.6) is 0 Å². The Kier molecular flexibility index (Phi) is 2.91. The minimum atomic E-state index is 0.120. The zero-order valence-corrected chi connectivity index (χ0v) is 10.3. The molecule has 0 fully saturated rings. The van der Waals surface area contributed by atoms with Crippen LogP contribution in [0.15, 0.2) is 18.2 Å². The lowest BCUT2D eigenvalue weighted by Gasteiger charge is -2.02. The van der Waals surface area contributed by atoms with Crippen LogP contribution in [0.1, 0.15) is 16.0 Å². The topological polar surface area (TPSA) is 20.2 Å². The maximum atomic E-state index is 9.20. The van der Waals surface area contributed by atoms with Crippen molar-refractivity contribution in [3.05, 3.63) is 34.2 Å². The molecule has 0 unspecified atom stereocenters. The van der Waals surface area contributed by atoms with Crippen molar-refractivity contribution in [3.8, 4) is 0 Å². The lowest BCUT2D eigenvalue weighted by atomic mass is 10.1. The van der Waals surface area contributed by atoms with Crippen molar-refractivity contribution in [1.82, 2.24) is 0 Å². The zero-order chi connectivity index (χ0) is 10.1. The van der Waals surface area contributed by atoms with Gasteiger partial charge in [-0.3, -0.25) is 0 Å². The highest BCUT2D eigenvalue weighted by atomic mass is 79.9. The number of hydrogen-bond donors (Lipinski definition) is 1. The molecule has 1 aromatic heterocycles. The normalized spacial score (nSPS) is 11.1. The number of aliphatic hydroxyl groups excluding tert-OH is 1. The fraction of sp³-hybridized carbons (Fsp3) is 0.273. The zero-order valence-electron chi connectivity index (χ0n) is 7.88. The second kappa shape index (κ2) is 4.01. The Morgan fingerprint density at radius 3 is 2.71 bits per heavy atom. The van der Waals surface area contributed by atoms with Crippen molar-refractivity contribution in [3.63, 3.8) is 0 Å². The molecule has 2 rings (SSSR count). The van der Waals surface area contributed by atoms with Gasteiger partial charge >= 0.3 is 0 Å². The Morgan fingerprint density at radius 1 is 1.36 bits per heavy atom. The van der Waals surface area contributed by atoms with Crippen LogP contribution in [0, 0.1) is 6.92 Å². The van der Waals surface area contributed by atoms with Crippen molar-refractivity contribution >= 4 is 37.4 Å². The largest absolute Gasteiger partial charge is 0.392 e. The van der Waals surface area contributed by atoms with Gasteiger partial charge in [-0.1, -0.05) is 28.1 Å². The summed E-state index contributed by atoms with van der Waals surface area (Å²) in [4.78, 5) is 1.29. The molecule has 0 amide bonds. The van der Waals surface area contributed by atoms with E-state index in [1.54, 1.807) is 11.3 Å². The second-order valence-corrected chi connectivity index (χ2v) is 5.09. The molecule has 0 bridgehead atoms. The Morgan fingerprint density at radius 2 is 2.07 bits per heavy atom. The minimum absolute atomic E-state index is 0.120. The van der Waals surface area contributed by atoms with E-state index in [2.05, 4.69) is 35.0 Å². The molecule has 0 aliphatic carbocycles. The minimum Gasteiger partial charge on any atom is -0.392 e. The molecule has 0 spiro atoms. The summed E-state index contributed by atoms with van der Waals surface area (Å²) >= 11 is 5.27. The van der Waals surface area contributed by atoms with E-state index in [-0.39, 0.29) is 6.61 Å². The third kappa shape index (κ3) is 1.60. The first-order valence-electron chi connectivity index (χ1n) is 4.44. The average Bonchev–Trinajstić information content (AvgIpc) is 2.57. The molecule has 0 aliphatic heterocycles. The summed E-state index contributed by atoms with van der Waals surface area (Å²) in [6.45, 7) is 2.22. The first-order valence-corrected chi connectivity index (χ1v) is 6.37. The quantitative estimate of drug-likeness (QED) is 0.827. The van der Waals surface area contributed by atoms with Gasteiger partial charge in [-0.15, -0.1) is 11.3 Å². The molecular weight excluding hydrogens is 260 g/mol. The molecule has 1 heterocycles. The van der Waals surface area contributed by atoms with Gasteiger partial charge in [0, 0.05) is 14.9 Å². The summed E-state index contributed by atoms with van der Waals surface area (Å²) in [5.74, 6) is 0. The molecule has 1 nitrogen and oxygen atoms in total. The number of aryl methyl sites for hydroxylation is 1. The van der Waals surface area contributed by atoms with E-state index < -0.39 is 0 Å². The predicted molar refractivity (Wildman–Crippen MR) is 65.1 cm³/mol. The van der Waals surface area contributed by atoms with Crippen molar-refractivity contribution in [2.75, 3.05) is 0 Å². The van der Waals surface area contributed by atoms with Crippen LogP contribution >= 0.6 is 27.3 Å². The fourth-order valence-corrected chi connectivity index (χ4v) is 3.32. The third-order valence-electron chi connectivity index (χ3n) is 2.29. The predicted octanol–water partition coefficient (Wildman–Crippen LogP) is 3.60. The first-order chi connectivity index (χ1) is 6.76. The summed E-state index contributed by atoms with van der Waals surface area (Å²) in [7, 11) is 0. The summed E-state index contributed by atoms with van der Waals surface area (Å²) in [5.41, 5.74) is 2.32. The van der Waals surface area contributed by atoms with E-state index in [9.17, 15) is 5.11 Å². The molecular formula is C11H11BrOS. The van der Waals surface area contributed by atoms with Crippen molar-refractivity contribution in [2.24, 2.45) is 0 Å². The lowest BCUT2D eigenvalue weighted by molar-refractivity contribution is 0.283. The molecule has 3 heteroatoms. The molecule has 0 radical (unpaired) electrons. The van der Waals surface area contributed by atoms with E-state index in [0.717, 1.165) is 10.9 Å². The molecule has 74 valence electrons. The van der Waals surface area contributed by atoms with E-state index in [0.29, 0.717) is 0 Å². The summed E-state index contributed by atoms with van der Waals surface area (Å²) in [6, 6.07) is 6.24. The highest BCUT2D eigenvalue weighted by Crippen LogP contribution is 2.32. The van der Waals surface area contributed by atoms with Gasteiger partial charge in [0.15, 0.2) is 0 Å². The number of aliphatic hydroxyl groups is 1. The van der Waals surface area contributed by atoms with Gasteiger partial charge in [0.05, 0.1) is 6.61 Å². The summed E-state index contributed by atoms with van der Waals surface area (Å²) in [5, 5.41) is 11.3. The first kappa shape index (κ1) is 10.1. The van der Waals surface area contributed by atoms with Gasteiger partial charge in [-0.25, -0.2) is 0 Å². The van der Waals surface area contributed by atoms with Crippen molar-refractivity contribution in [1.29, 1.82) is 0 Å². The Labute approximate surface area is 95.5 Å². The summed E-state index contributed by atoms with van der Waals surface area (Å²) < 4.78 is 1.30. The Hall–Kier alpha value is -0.380. The third-order valence-corrected chi connectivity index (χ3v) is 4.02. The standard InChI is InChI=1S/C11H11BrOS/c1-7-4-10-9(6-13)3-2-8(5-12)11(10)14-7/h2-4,13H,5-6H2,1H3. The van der Waals surface area contributed by atoms with Crippen LogP contribution in [0.4, 0.5) is 0 Å². The van der Waals surface area contributed by atoms with Crippen LogP contribution in [-0.4, -0.2) is 5.11 Å². The van der Waals surface area contributed by atoms with E-state index >= 15 is 0 Å². The second-order valence-electron chi connectivity index (χ2n) is 3.28. The Bertz CT molecular complexity index is 421. The van der Waals surface area contributed by atoms with Crippen LogP contribution in [0.25, 0.3) is 10.1 Å². The van der Waals surface area contributed by atoms with E-state index in [1.165, 1.54) is 20.5 Å². The molecule has 1 N–H and O–H groups in total. The smallest absolute Gasteiger partial charge is 0.0688 e. The number of rotatable bonds is 2. The molecule has 0 aliphatic rings. The molecule has 0 saturated heterocycles. The highest BCUT2D eigenvalue weighted by molar-refractivity contribution is 9.08. The molecule has 1 aromatic carbocycles. The molecule has 0 atom stereocenters. The van der Waals surface area contributed by atoms with Gasteiger partial charge in [0.25, 0.3) is 0 Å².